The van der Waals surface area contributed by atoms with Crippen molar-refractivity contribution in [1.82, 2.24) is 14.5 Å². The highest BCUT2D eigenvalue weighted by Crippen LogP contribution is 2.38. The Balaban J connectivity index is 1.18. The molecule has 3 aromatic carbocycles. The summed E-state index contributed by atoms with van der Waals surface area (Å²) in [4.78, 5) is 46.8. The second-order valence-electron chi connectivity index (χ2n) is 10.9. The van der Waals surface area contributed by atoms with E-state index in [1.807, 2.05) is 65.6 Å². The first-order valence-corrected chi connectivity index (χ1v) is 14.0. The number of anilines is 1. The molecule has 1 saturated heterocycles. The molecule has 210 valence electrons. The Labute approximate surface area is 240 Å². The molecule has 2 aromatic heterocycles. The number of para-hydroxylation sites is 1. The second-order valence-corrected chi connectivity index (χ2v) is 10.9. The number of carboxylic acid groups (broad SMARTS) is 1. The van der Waals surface area contributed by atoms with Gasteiger partial charge in [0.05, 0.1) is 28.0 Å². The highest BCUT2D eigenvalue weighted by atomic mass is 19.1. The molecule has 2 fully saturated rings. The van der Waals surface area contributed by atoms with Crippen molar-refractivity contribution in [2.45, 2.75) is 18.9 Å². The summed E-state index contributed by atoms with van der Waals surface area (Å²) in [5.41, 5.74) is 2.80. The van der Waals surface area contributed by atoms with Gasteiger partial charge in [0.2, 0.25) is 5.43 Å². The molecule has 0 unspecified atom stereocenters. The van der Waals surface area contributed by atoms with E-state index in [0.29, 0.717) is 42.9 Å². The van der Waals surface area contributed by atoms with E-state index in [9.17, 15) is 19.5 Å². The summed E-state index contributed by atoms with van der Waals surface area (Å²) in [6, 6.07) is 22.1. The highest BCUT2D eigenvalue weighted by Gasteiger charge is 2.29. The lowest BCUT2D eigenvalue weighted by atomic mass is 10.0. The SMILES string of the molecule is O=C(O)c1cn(C2CC2)c2cc(N3CCN(C(=O)c4cc(-c5ccccc5)nc5ccccc45)CC3)c(F)cc2c1=O. The van der Waals surface area contributed by atoms with Gasteiger partial charge < -0.3 is 19.5 Å². The number of amides is 1. The number of aromatic nitrogens is 2. The zero-order valence-corrected chi connectivity index (χ0v) is 22.7. The third kappa shape index (κ3) is 4.47. The van der Waals surface area contributed by atoms with Gasteiger partial charge in [0.15, 0.2) is 0 Å². The van der Waals surface area contributed by atoms with Gasteiger partial charge in [-0.1, -0.05) is 48.5 Å². The minimum Gasteiger partial charge on any atom is -0.477 e. The van der Waals surface area contributed by atoms with E-state index in [2.05, 4.69) is 0 Å². The van der Waals surface area contributed by atoms with E-state index in [1.165, 1.54) is 6.20 Å². The summed E-state index contributed by atoms with van der Waals surface area (Å²) in [6.07, 6.45) is 3.13. The first-order chi connectivity index (χ1) is 20.4. The minimum atomic E-state index is -1.32. The fraction of sp³-hybridized carbons (Fsp3) is 0.212. The molecule has 1 N–H and O–H groups in total. The van der Waals surface area contributed by atoms with Crippen LogP contribution in [0.1, 0.15) is 39.6 Å². The van der Waals surface area contributed by atoms with Crippen molar-refractivity contribution in [3.05, 3.63) is 106 Å². The Kier molecular flexibility index (Phi) is 6.22. The Hall–Kier alpha value is -5.05. The van der Waals surface area contributed by atoms with Crippen LogP contribution in [0.5, 0.6) is 0 Å². The fourth-order valence-electron chi connectivity index (χ4n) is 5.84. The number of pyridine rings is 2. The summed E-state index contributed by atoms with van der Waals surface area (Å²) < 4.78 is 17.2. The number of hydrogen-bond acceptors (Lipinski definition) is 5. The number of piperazine rings is 1. The molecule has 0 atom stereocenters. The van der Waals surface area contributed by atoms with Gasteiger partial charge in [0.1, 0.15) is 11.4 Å². The number of hydrogen-bond donors (Lipinski definition) is 1. The normalized spacial score (nSPS) is 15.4. The lowest BCUT2D eigenvalue weighted by molar-refractivity contribution is 0.0693. The molecular weight excluding hydrogens is 535 g/mol. The van der Waals surface area contributed by atoms with Crippen molar-refractivity contribution in [2.75, 3.05) is 31.1 Å². The maximum absolute atomic E-state index is 15.4. The molecule has 3 heterocycles. The summed E-state index contributed by atoms with van der Waals surface area (Å²) >= 11 is 0. The largest absolute Gasteiger partial charge is 0.477 e. The van der Waals surface area contributed by atoms with Crippen LogP contribution >= 0.6 is 0 Å². The topological polar surface area (TPSA) is 95.7 Å². The molecule has 0 spiro atoms. The molecule has 8 nitrogen and oxygen atoms in total. The van der Waals surface area contributed by atoms with Crippen molar-refractivity contribution < 1.29 is 19.1 Å². The molecule has 1 amide bonds. The van der Waals surface area contributed by atoms with Crippen molar-refractivity contribution in [3.63, 3.8) is 0 Å². The molecule has 2 aliphatic rings. The van der Waals surface area contributed by atoms with Crippen LogP contribution in [0, 0.1) is 5.82 Å². The molecule has 42 heavy (non-hydrogen) atoms. The number of carboxylic acids is 1. The summed E-state index contributed by atoms with van der Waals surface area (Å²) in [5, 5.41) is 10.4. The smallest absolute Gasteiger partial charge is 0.341 e. The number of fused-ring (bicyclic) bond motifs is 2. The fourth-order valence-corrected chi connectivity index (χ4v) is 5.84. The molecule has 0 bridgehead atoms. The van der Waals surface area contributed by atoms with Crippen LogP contribution in [0.4, 0.5) is 10.1 Å². The quantitative estimate of drug-likeness (QED) is 0.310. The van der Waals surface area contributed by atoms with E-state index in [0.717, 1.165) is 41.1 Å². The standard InChI is InChI=1S/C33H27FN4O4/c34-26-16-24-29(38(21-10-11-21)19-25(31(24)39)33(41)42)18-30(26)36-12-14-37(15-13-36)32(40)23-17-28(20-6-2-1-3-7-20)35-27-9-5-4-8-22(23)27/h1-9,16-19,21H,10-15H2,(H,41,42). The average molecular weight is 563 g/mol. The van der Waals surface area contributed by atoms with Crippen LogP contribution in [0.15, 0.2) is 83.8 Å². The van der Waals surface area contributed by atoms with Crippen molar-refractivity contribution >= 4 is 39.4 Å². The number of carbonyl (C=O) groups is 2. The third-order valence-corrected chi connectivity index (χ3v) is 8.20. The maximum Gasteiger partial charge on any atom is 0.341 e. The first-order valence-electron chi connectivity index (χ1n) is 14.0. The van der Waals surface area contributed by atoms with Gasteiger partial charge in [-0.25, -0.2) is 14.2 Å². The van der Waals surface area contributed by atoms with Crippen LogP contribution in [0.3, 0.4) is 0 Å². The van der Waals surface area contributed by atoms with Crippen LogP contribution < -0.4 is 10.3 Å². The Morgan fingerprint density at radius 1 is 0.857 bits per heavy atom. The van der Waals surface area contributed by atoms with Crippen LogP contribution in [-0.2, 0) is 0 Å². The number of halogens is 1. The summed E-state index contributed by atoms with van der Waals surface area (Å²) in [7, 11) is 0. The van der Waals surface area contributed by atoms with Gasteiger partial charge in [-0.3, -0.25) is 9.59 Å². The molecule has 9 heteroatoms. The molecular formula is C33H27FN4O4. The first kappa shape index (κ1) is 25.9. The van der Waals surface area contributed by atoms with Gasteiger partial charge in [-0.05, 0) is 37.1 Å². The van der Waals surface area contributed by atoms with Crippen molar-refractivity contribution in [3.8, 4) is 11.3 Å². The monoisotopic (exact) mass is 562 g/mol. The third-order valence-electron chi connectivity index (χ3n) is 8.20. The van der Waals surface area contributed by atoms with E-state index in [-0.39, 0.29) is 22.9 Å². The Morgan fingerprint density at radius 2 is 1.57 bits per heavy atom. The number of carbonyl (C=O) groups excluding carboxylic acids is 1. The predicted octanol–water partition coefficient (Wildman–Crippen LogP) is 5.35. The van der Waals surface area contributed by atoms with Crippen molar-refractivity contribution in [1.29, 1.82) is 0 Å². The highest BCUT2D eigenvalue weighted by molar-refractivity contribution is 6.07. The lowest BCUT2D eigenvalue weighted by Crippen LogP contribution is -2.49. The molecule has 1 aliphatic heterocycles. The Morgan fingerprint density at radius 3 is 2.29 bits per heavy atom. The predicted molar refractivity (Wildman–Crippen MR) is 159 cm³/mol. The maximum atomic E-state index is 15.4. The Bertz CT molecular complexity index is 1940. The molecule has 7 rings (SSSR count). The van der Waals surface area contributed by atoms with E-state index < -0.39 is 17.2 Å². The molecule has 5 aromatic rings. The minimum absolute atomic E-state index is 0.0654. The number of aromatic carboxylic acids is 1. The van der Waals surface area contributed by atoms with Crippen molar-refractivity contribution in [2.24, 2.45) is 0 Å². The molecule has 1 aliphatic carbocycles. The second kappa shape index (κ2) is 10.1. The molecule has 1 saturated carbocycles. The van der Waals surface area contributed by atoms with Crippen LogP contribution in [-0.4, -0.2) is 57.6 Å². The van der Waals surface area contributed by atoms with Gasteiger partial charge in [0, 0.05) is 54.8 Å². The lowest BCUT2D eigenvalue weighted by Gasteiger charge is -2.36. The molecule has 0 radical (unpaired) electrons. The van der Waals surface area contributed by atoms with Gasteiger partial charge in [-0.15, -0.1) is 0 Å². The number of nitrogens with zero attached hydrogens (tertiary/aromatic N) is 4. The van der Waals surface area contributed by atoms with Gasteiger partial charge in [0.25, 0.3) is 5.91 Å². The summed E-state index contributed by atoms with van der Waals surface area (Å²) in [6.45, 7) is 1.59. The zero-order valence-electron chi connectivity index (χ0n) is 22.7. The number of rotatable bonds is 5. The van der Waals surface area contributed by atoms with E-state index in [4.69, 9.17) is 4.98 Å². The van der Waals surface area contributed by atoms with Gasteiger partial charge >= 0.3 is 5.97 Å². The zero-order chi connectivity index (χ0) is 29.0. The van der Waals surface area contributed by atoms with Crippen LogP contribution in [0.25, 0.3) is 33.1 Å². The average Bonchev–Trinajstić information content (AvgIpc) is 3.86. The summed E-state index contributed by atoms with van der Waals surface area (Å²) in [5.74, 6) is -2.01. The van der Waals surface area contributed by atoms with Crippen LogP contribution in [0.2, 0.25) is 0 Å². The van der Waals surface area contributed by atoms with Gasteiger partial charge in [-0.2, -0.15) is 0 Å². The van der Waals surface area contributed by atoms with E-state index >= 15 is 4.39 Å². The number of benzene rings is 3. The van der Waals surface area contributed by atoms with E-state index in [1.54, 1.807) is 15.5 Å².